The number of nitrogens with zero attached hydrogens (tertiary/aromatic N) is 1. The number of phenolic OH excluding ortho intramolecular Hbond substituents is 1. The first-order valence-corrected chi connectivity index (χ1v) is 50.2. The summed E-state index contributed by atoms with van der Waals surface area (Å²) >= 11 is 5.41. The van der Waals surface area contributed by atoms with E-state index in [-0.39, 0.29) is 88.8 Å². The van der Waals surface area contributed by atoms with Crippen LogP contribution in [0.1, 0.15) is 158 Å². The molecule has 32 N–H and O–H groups in total. The molecule has 1 aromatic heterocycles. The van der Waals surface area contributed by atoms with Crippen LogP contribution in [0.4, 0.5) is 0 Å². The average Bonchev–Trinajstić information content (AvgIpc) is 1.69. The number of phenols is 1. The number of hydrogen-bond donors (Lipinski definition) is 30. The van der Waals surface area contributed by atoms with Gasteiger partial charge in [-0.1, -0.05) is 98.6 Å². The van der Waals surface area contributed by atoms with E-state index in [0.29, 0.717) is 34.2 Å². The van der Waals surface area contributed by atoms with Crippen LogP contribution >= 0.6 is 24.4 Å². The lowest BCUT2D eigenvalue weighted by Crippen LogP contribution is -2.62. The number of thiol groups is 1. The molecule has 1 aliphatic rings. The summed E-state index contributed by atoms with van der Waals surface area (Å²) in [7, 11) is 0. The lowest BCUT2D eigenvalue weighted by atomic mass is 9.97. The lowest BCUT2D eigenvalue weighted by molar-refractivity contribution is -0.143. The number of aromatic hydroxyl groups is 1. The Balaban J connectivity index is 1.43. The van der Waals surface area contributed by atoms with E-state index in [4.69, 9.17) is 17.2 Å². The molecule has 52 nitrogen and oxygen atoms in total. The standard InChI is InChI=1S/C93H145N23O29S2/c1-13-46(7)73(88(139)100-40-70(125)111-75(49(10)119)90(141)108-62(35-67(96)122)82(133)110-64(41-117)84(135)112-72(45(5)6)87(138)98-38-69(124)103-61(79(130)101-48(9)93(144)145)34-52-37-97-56-21-16-15-20-54(52)56)113-83(134)63(36-71(126)127)106-80(131)59(32-44(3)4)102-68(123)39-99-89(140)74(47(8)14-2)114-85(136)65(42-118)109-81(132)60(33-51-24-26-53(121)27-25-51)107-86(137)66-23-19-30-116(66)92(143)58(22-17-18-29-94)105-91(142)76(50(11)120)115-78(129)57(28-31-147-12)104-77(128)55(95)43-146/h15-16,20-21,24-27,37,44-50,55,57-66,72-76,97,117-121,146H,13-14,17-19,22-23,28-36,38-43,94-95H2,1-12H3,(H2,96,122)(H,98,138)(H,99,140)(H,100,139)(H,101,130)(H,102,123)(H,103,124)(H,104,128)(H,105,142)(H,106,131)(H,107,137)(H,108,141)(H,109,132)(H,110,133)(H,111,125)(H,112,135)(H,113,134)(H,114,136)(H,115,129)(H,126,127)(H,144,145)/t46-,47-,48-,49+,50+,55-,57-,58-,59-,60-,61-,62-,63-,64-,65-,66-,72-,73-,74-,75-,76-/m0/s1. The number of para-hydroxylation sites is 1. The number of rotatable bonds is 65. The Kier molecular flexibility index (Phi) is 54.1. The van der Waals surface area contributed by atoms with Crippen LogP contribution in [0.15, 0.2) is 54.7 Å². The van der Waals surface area contributed by atoms with E-state index in [1.54, 1.807) is 64.4 Å². The molecule has 2 heterocycles. The third kappa shape index (κ3) is 41.8. The molecule has 147 heavy (non-hydrogen) atoms. The second-order valence-electron chi connectivity index (χ2n) is 36.6. The zero-order chi connectivity index (χ0) is 111. The molecule has 3 aromatic rings. The number of benzene rings is 2. The minimum atomic E-state index is -2.02. The zero-order valence-electron chi connectivity index (χ0n) is 84.2. The Hall–Kier alpha value is -13.4. The number of aliphatic hydroxyl groups is 4. The van der Waals surface area contributed by atoms with Gasteiger partial charge in [-0.3, -0.25) is 105 Å². The molecule has 20 amide bonds. The van der Waals surface area contributed by atoms with Crippen LogP contribution in [0.2, 0.25) is 0 Å². The number of carboxylic acids is 2. The third-order valence-corrected chi connectivity index (χ3v) is 25.0. The van der Waals surface area contributed by atoms with E-state index in [1.807, 2.05) is 0 Å². The van der Waals surface area contributed by atoms with E-state index < -0.39 is 314 Å². The van der Waals surface area contributed by atoms with Gasteiger partial charge in [0.2, 0.25) is 118 Å². The first-order valence-electron chi connectivity index (χ1n) is 48.1. The summed E-state index contributed by atoms with van der Waals surface area (Å²) in [4.78, 5) is 305. The van der Waals surface area contributed by atoms with Gasteiger partial charge < -0.3 is 159 Å². The summed E-state index contributed by atoms with van der Waals surface area (Å²) in [5, 5.41) is 116. The number of amides is 20. The molecule has 0 radical (unpaired) electrons. The number of nitrogens with two attached hydrogens (primary N) is 3. The molecular weight excluding hydrogens is 1970 g/mol. The van der Waals surface area contributed by atoms with Gasteiger partial charge in [0, 0.05) is 42.2 Å². The molecular formula is C93H145N23O29S2. The minimum Gasteiger partial charge on any atom is -0.508 e. The fraction of sp³-hybridized carbons (Fsp3) is 0.613. The number of primary amides is 1. The number of aromatic amines is 1. The fourth-order valence-corrected chi connectivity index (χ4v) is 15.7. The van der Waals surface area contributed by atoms with Gasteiger partial charge in [-0.05, 0) is 137 Å². The number of aliphatic carboxylic acids is 2. The highest BCUT2D eigenvalue weighted by molar-refractivity contribution is 7.98. The van der Waals surface area contributed by atoms with Crippen LogP contribution in [0.5, 0.6) is 5.75 Å². The molecule has 0 saturated carbocycles. The van der Waals surface area contributed by atoms with E-state index in [9.17, 15) is 141 Å². The summed E-state index contributed by atoms with van der Waals surface area (Å²) in [6.07, 6.45) is -1.52. The van der Waals surface area contributed by atoms with Crippen LogP contribution in [-0.2, 0) is 118 Å². The predicted molar refractivity (Wildman–Crippen MR) is 534 cm³/mol. The Morgan fingerprint density at radius 2 is 0.925 bits per heavy atom. The number of carbonyl (C=O) groups is 22. The van der Waals surface area contributed by atoms with Gasteiger partial charge in [0.15, 0.2) is 0 Å². The Morgan fingerprint density at radius 3 is 1.42 bits per heavy atom. The normalized spacial score (nSPS) is 16.4. The molecule has 54 heteroatoms. The van der Waals surface area contributed by atoms with Gasteiger partial charge in [0.1, 0.15) is 102 Å². The summed E-state index contributed by atoms with van der Waals surface area (Å²) in [5.41, 5.74) is 18.7. The maximum Gasteiger partial charge on any atom is 0.325 e. The largest absolute Gasteiger partial charge is 0.508 e. The maximum atomic E-state index is 14.7. The van der Waals surface area contributed by atoms with Crippen molar-refractivity contribution in [1.29, 1.82) is 0 Å². The topological polar surface area (TPSA) is 831 Å². The second kappa shape index (κ2) is 63.2. The van der Waals surface area contributed by atoms with Crippen molar-refractivity contribution >= 4 is 165 Å². The smallest absolute Gasteiger partial charge is 0.325 e. The monoisotopic (exact) mass is 2110 g/mol. The van der Waals surface area contributed by atoms with Crippen LogP contribution in [0, 0.1) is 23.7 Å². The van der Waals surface area contributed by atoms with Gasteiger partial charge >= 0.3 is 11.9 Å². The zero-order valence-corrected chi connectivity index (χ0v) is 85.9. The van der Waals surface area contributed by atoms with Crippen molar-refractivity contribution in [2.75, 3.05) is 63.7 Å². The van der Waals surface area contributed by atoms with Crippen LogP contribution in [-0.4, -0.2) is 354 Å². The van der Waals surface area contributed by atoms with Crippen molar-refractivity contribution in [3.05, 3.63) is 65.9 Å². The Labute approximate surface area is 858 Å². The van der Waals surface area contributed by atoms with Crippen molar-refractivity contribution in [2.24, 2.45) is 40.9 Å². The van der Waals surface area contributed by atoms with Crippen molar-refractivity contribution in [3.63, 3.8) is 0 Å². The summed E-state index contributed by atoms with van der Waals surface area (Å²) < 4.78 is 0. The number of unbranched alkanes of at least 4 members (excludes halogenated alkanes) is 1. The van der Waals surface area contributed by atoms with Crippen molar-refractivity contribution in [2.45, 2.75) is 275 Å². The molecule has 818 valence electrons. The van der Waals surface area contributed by atoms with E-state index in [0.717, 1.165) is 6.92 Å². The number of nitrogens with one attached hydrogen (secondary N) is 19. The van der Waals surface area contributed by atoms with Crippen molar-refractivity contribution in [3.8, 4) is 5.75 Å². The van der Waals surface area contributed by atoms with Gasteiger partial charge in [-0.25, -0.2) is 0 Å². The molecule has 4 rings (SSSR count). The van der Waals surface area contributed by atoms with E-state index in [2.05, 4.69) is 113 Å². The molecule has 0 aliphatic carbocycles. The fourth-order valence-electron chi connectivity index (χ4n) is 15.1. The quantitative estimate of drug-likeness (QED) is 0.0184. The number of thioether (sulfide) groups is 1. The molecule has 21 atom stereocenters. The second-order valence-corrected chi connectivity index (χ2v) is 38.0. The molecule has 1 saturated heterocycles. The first-order chi connectivity index (χ1) is 69.3. The number of H-pyrrole nitrogens is 1. The SMILES string of the molecule is CC[C@H](C)[C@H](NC(=O)[C@H](CC(=O)O)NC(=O)[C@H](CC(C)C)NC(=O)CNC(=O)[C@@H](NC(=O)[C@H](CO)NC(=O)[C@H](Cc1ccc(O)cc1)NC(=O)[C@@H]1CCCN1C(=O)[C@H](CCCCN)NC(=O)[C@@H](NC(=O)[C@H](CCSC)NC(=O)[C@@H](N)CS)[C@@H](C)O)[C@@H](C)CC)C(=O)NCC(=O)N[C@H](C(=O)N[C@@H](CC(N)=O)C(=O)N[C@@H](CO)C(=O)N[C@H](C(=O)NCC(=O)N[C@@H](Cc1c[nH]c2ccccc12)C(=O)N[C@@H](C)C(=O)O)C(C)C)[C@@H](C)O. The van der Waals surface area contributed by atoms with Crippen LogP contribution in [0.25, 0.3) is 10.9 Å². The molecule has 2 aromatic carbocycles. The summed E-state index contributed by atoms with van der Waals surface area (Å²) in [5.74, 6) is -26.7. The minimum absolute atomic E-state index is 0.0310. The molecule has 0 spiro atoms. The number of aromatic nitrogens is 1. The number of carbonyl (C=O) groups excluding carboxylic acids is 20. The maximum absolute atomic E-state index is 14.7. The number of carboxylic acid groups (broad SMARTS) is 2. The molecule has 0 unspecified atom stereocenters. The molecule has 0 bridgehead atoms. The Morgan fingerprint density at radius 1 is 0.483 bits per heavy atom. The highest BCUT2D eigenvalue weighted by Gasteiger charge is 2.44. The van der Waals surface area contributed by atoms with Crippen molar-refractivity contribution < 1.29 is 141 Å². The highest BCUT2D eigenvalue weighted by atomic mass is 32.2. The number of likely N-dealkylation sites (tertiary alicyclic amines) is 1. The first kappa shape index (κ1) is 126. The van der Waals surface area contributed by atoms with Crippen LogP contribution < -0.4 is 113 Å². The van der Waals surface area contributed by atoms with Gasteiger partial charge in [-0.15, -0.1) is 0 Å². The van der Waals surface area contributed by atoms with Gasteiger partial charge in [-0.2, -0.15) is 24.4 Å². The summed E-state index contributed by atoms with van der Waals surface area (Å²) in [6, 6.07) is -14.6. The van der Waals surface area contributed by atoms with Crippen molar-refractivity contribution in [1.82, 2.24) is 106 Å². The number of hydrogen-bond acceptors (Lipinski definition) is 31. The van der Waals surface area contributed by atoms with Crippen LogP contribution in [0.3, 0.4) is 0 Å². The third-order valence-electron chi connectivity index (χ3n) is 24.0. The molecule has 1 fully saturated rings. The summed E-state index contributed by atoms with van der Waals surface area (Å²) in [6.45, 7) is 11.0. The van der Waals surface area contributed by atoms with E-state index in [1.165, 1.54) is 82.5 Å². The van der Waals surface area contributed by atoms with Gasteiger partial charge in [0.25, 0.3) is 0 Å². The Bertz CT molecular complexity index is 5030. The number of fused-ring (bicyclic) bond motifs is 1. The van der Waals surface area contributed by atoms with Gasteiger partial charge in [0.05, 0.1) is 63.9 Å². The van der Waals surface area contributed by atoms with E-state index >= 15 is 0 Å². The predicted octanol–water partition coefficient (Wildman–Crippen LogP) is -8.60. The molecule has 1 aliphatic heterocycles. The lowest BCUT2D eigenvalue weighted by Gasteiger charge is -2.31. The average molecular weight is 2110 g/mol. The number of aliphatic hydroxyl groups excluding tert-OH is 4. The highest BCUT2D eigenvalue weighted by Crippen LogP contribution is 2.24.